The third-order valence-corrected chi connectivity index (χ3v) is 4.96. The van der Waals surface area contributed by atoms with Gasteiger partial charge in [-0.05, 0) is 41.6 Å². The van der Waals surface area contributed by atoms with Crippen LogP contribution in [0.3, 0.4) is 0 Å². The molecule has 0 fully saturated rings. The van der Waals surface area contributed by atoms with Crippen molar-refractivity contribution in [3.05, 3.63) is 57.9 Å². The van der Waals surface area contributed by atoms with Crippen molar-refractivity contribution >= 4 is 38.0 Å². The molecule has 1 heterocycles. The molecule has 0 atom stereocenters. The van der Waals surface area contributed by atoms with Crippen molar-refractivity contribution in [1.29, 1.82) is 0 Å². The number of nitrogens with one attached hydrogen (secondary N) is 1. The number of hydrogen-bond donors (Lipinski definition) is 1. The molecule has 0 aliphatic heterocycles. The molecule has 0 amide bonds. The summed E-state index contributed by atoms with van der Waals surface area (Å²) in [6.07, 6.45) is 0. The Morgan fingerprint density at radius 1 is 1.00 bits per heavy atom. The Kier molecular flexibility index (Phi) is 3.69. The Morgan fingerprint density at radius 3 is 2.58 bits per heavy atom. The lowest BCUT2D eigenvalue weighted by Crippen LogP contribution is -2.02. The minimum Gasteiger partial charge on any atom is -0.315 e. The van der Waals surface area contributed by atoms with Crippen molar-refractivity contribution in [1.82, 2.24) is 5.32 Å². The van der Waals surface area contributed by atoms with Crippen molar-refractivity contribution in [2.75, 3.05) is 7.05 Å². The maximum atomic E-state index is 3.63. The van der Waals surface area contributed by atoms with Crippen LogP contribution in [0, 0.1) is 0 Å². The summed E-state index contributed by atoms with van der Waals surface area (Å²) < 4.78 is 1.15. The highest BCUT2D eigenvalue weighted by atomic mass is 79.9. The van der Waals surface area contributed by atoms with E-state index in [4.69, 9.17) is 0 Å². The third-order valence-electron chi connectivity index (χ3n) is 3.15. The van der Waals surface area contributed by atoms with Gasteiger partial charge in [0.25, 0.3) is 0 Å². The van der Waals surface area contributed by atoms with Gasteiger partial charge in [0, 0.05) is 20.8 Å². The molecular formula is C16H14BrNS. The molecule has 0 aliphatic carbocycles. The number of rotatable bonds is 3. The molecule has 0 radical (unpaired) electrons. The Hall–Kier alpha value is -1.16. The lowest BCUT2D eigenvalue weighted by Gasteiger charge is -2.06. The summed E-state index contributed by atoms with van der Waals surface area (Å²) >= 11 is 5.48. The van der Waals surface area contributed by atoms with Gasteiger partial charge in [0.05, 0.1) is 0 Å². The van der Waals surface area contributed by atoms with Crippen molar-refractivity contribution in [3.8, 4) is 10.4 Å². The van der Waals surface area contributed by atoms with E-state index in [0.29, 0.717) is 0 Å². The summed E-state index contributed by atoms with van der Waals surface area (Å²) in [4.78, 5) is 2.69. The van der Waals surface area contributed by atoms with Crippen LogP contribution in [-0.2, 0) is 6.54 Å². The summed E-state index contributed by atoms with van der Waals surface area (Å²) in [7, 11) is 1.98. The fraction of sp³-hybridized carbons (Fsp3) is 0.125. The first-order valence-corrected chi connectivity index (χ1v) is 7.81. The summed E-state index contributed by atoms with van der Waals surface area (Å²) in [5, 5.41) is 5.77. The summed E-state index contributed by atoms with van der Waals surface area (Å²) in [6.45, 7) is 0.930. The molecule has 2 aromatic carbocycles. The first-order valence-electron chi connectivity index (χ1n) is 6.20. The fourth-order valence-electron chi connectivity index (χ4n) is 2.27. The molecule has 3 rings (SSSR count). The van der Waals surface area contributed by atoms with E-state index in [1.54, 1.807) is 0 Å². The van der Waals surface area contributed by atoms with Crippen LogP contribution in [0.5, 0.6) is 0 Å². The van der Waals surface area contributed by atoms with E-state index in [-0.39, 0.29) is 0 Å². The zero-order valence-corrected chi connectivity index (χ0v) is 13.0. The lowest BCUT2D eigenvalue weighted by molar-refractivity contribution is 0.831. The first-order chi connectivity index (χ1) is 9.29. The highest BCUT2D eigenvalue weighted by Gasteiger charge is 2.08. The van der Waals surface area contributed by atoms with Gasteiger partial charge in [-0.2, -0.15) is 0 Å². The van der Waals surface area contributed by atoms with Gasteiger partial charge in [-0.15, -0.1) is 11.3 Å². The van der Waals surface area contributed by atoms with E-state index >= 15 is 0 Å². The minimum atomic E-state index is 0.930. The minimum absolute atomic E-state index is 0.930. The molecule has 1 nitrogen and oxygen atoms in total. The van der Waals surface area contributed by atoms with Gasteiger partial charge in [0.15, 0.2) is 0 Å². The maximum Gasteiger partial charge on any atom is 0.0352 e. The Bertz CT molecular complexity index is 718. The lowest BCUT2D eigenvalue weighted by atomic mass is 10.0. The predicted octanol–water partition coefficient (Wildman–Crippen LogP) is 5.05. The number of hydrogen-bond acceptors (Lipinski definition) is 2. The normalized spacial score (nSPS) is 11.1. The largest absolute Gasteiger partial charge is 0.315 e. The monoisotopic (exact) mass is 331 g/mol. The molecule has 96 valence electrons. The maximum absolute atomic E-state index is 3.63. The topological polar surface area (TPSA) is 12.0 Å². The van der Waals surface area contributed by atoms with E-state index in [9.17, 15) is 0 Å². The highest BCUT2D eigenvalue weighted by molar-refractivity contribution is 9.10. The standard InChI is InChI=1S/C16H14BrNS/c1-18-10-11-6-9-16(19-11)14-7-8-15(17)13-5-3-2-4-12(13)14/h2-9,18H,10H2,1H3. The molecule has 3 heteroatoms. The van der Waals surface area contributed by atoms with Gasteiger partial charge in [-0.1, -0.05) is 46.3 Å². The zero-order valence-electron chi connectivity index (χ0n) is 10.6. The Labute approximate surface area is 125 Å². The van der Waals surface area contributed by atoms with Gasteiger partial charge in [-0.25, -0.2) is 0 Å². The van der Waals surface area contributed by atoms with Crippen molar-refractivity contribution in [2.45, 2.75) is 6.54 Å². The van der Waals surface area contributed by atoms with Crippen LogP contribution < -0.4 is 5.32 Å². The second-order valence-electron chi connectivity index (χ2n) is 4.44. The number of fused-ring (bicyclic) bond motifs is 1. The molecule has 0 aliphatic rings. The summed E-state index contributed by atoms with van der Waals surface area (Å²) in [6, 6.07) is 17.3. The number of benzene rings is 2. The van der Waals surface area contributed by atoms with Crippen molar-refractivity contribution in [2.24, 2.45) is 0 Å². The van der Waals surface area contributed by atoms with Gasteiger partial charge < -0.3 is 5.32 Å². The Balaban J connectivity index is 2.16. The molecule has 0 spiro atoms. The second kappa shape index (κ2) is 5.45. The molecule has 0 bridgehead atoms. The van der Waals surface area contributed by atoms with E-state index in [2.05, 4.69) is 69.8 Å². The van der Waals surface area contributed by atoms with Crippen LogP contribution in [0.4, 0.5) is 0 Å². The van der Waals surface area contributed by atoms with Crippen LogP contribution in [0.15, 0.2) is 53.0 Å². The SMILES string of the molecule is CNCc1ccc(-c2ccc(Br)c3ccccc23)s1. The third kappa shape index (κ3) is 2.46. The van der Waals surface area contributed by atoms with Crippen LogP contribution in [-0.4, -0.2) is 7.05 Å². The second-order valence-corrected chi connectivity index (χ2v) is 6.46. The van der Waals surface area contributed by atoms with Gasteiger partial charge in [-0.3, -0.25) is 0 Å². The van der Waals surface area contributed by atoms with Crippen LogP contribution in [0.2, 0.25) is 0 Å². The molecule has 19 heavy (non-hydrogen) atoms. The van der Waals surface area contributed by atoms with E-state index in [1.165, 1.54) is 26.1 Å². The molecule has 0 saturated carbocycles. The van der Waals surface area contributed by atoms with Gasteiger partial charge in [0.2, 0.25) is 0 Å². The number of thiophene rings is 1. The summed E-state index contributed by atoms with van der Waals surface area (Å²) in [5.74, 6) is 0. The van der Waals surface area contributed by atoms with Crippen LogP contribution in [0.1, 0.15) is 4.88 Å². The predicted molar refractivity (Wildman–Crippen MR) is 87.7 cm³/mol. The Morgan fingerprint density at radius 2 is 1.79 bits per heavy atom. The molecular weight excluding hydrogens is 318 g/mol. The van der Waals surface area contributed by atoms with Crippen molar-refractivity contribution < 1.29 is 0 Å². The summed E-state index contributed by atoms with van der Waals surface area (Å²) in [5.41, 5.74) is 1.31. The first kappa shape index (κ1) is 12.9. The fourth-order valence-corrected chi connectivity index (χ4v) is 3.81. The highest BCUT2D eigenvalue weighted by Crippen LogP contribution is 2.36. The van der Waals surface area contributed by atoms with Crippen LogP contribution in [0.25, 0.3) is 21.2 Å². The van der Waals surface area contributed by atoms with Crippen molar-refractivity contribution in [3.63, 3.8) is 0 Å². The quantitative estimate of drug-likeness (QED) is 0.708. The molecule has 1 N–H and O–H groups in total. The van der Waals surface area contributed by atoms with E-state index < -0.39 is 0 Å². The number of halogens is 1. The van der Waals surface area contributed by atoms with Gasteiger partial charge in [0.1, 0.15) is 0 Å². The molecule has 0 unspecified atom stereocenters. The van der Waals surface area contributed by atoms with Gasteiger partial charge >= 0.3 is 0 Å². The molecule has 3 aromatic rings. The smallest absolute Gasteiger partial charge is 0.0352 e. The average Bonchev–Trinajstić information content (AvgIpc) is 2.88. The van der Waals surface area contributed by atoms with E-state index in [1.807, 2.05) is 18.4 Å². The average molecular weight is 332 g/mol. The zero-order chi connectivity index (χ0) is 13.2. The van der Waals surface area contributed by atoms with E-state index in [0.717, 1.165) is 11.0 Å². The van der Waals surface area contributed by atoms with Crippen LogP contribution >= 0.6 is 27.3 Å². The molecule has 0 saturated heterocycles. The molecule has 1 aromatic heterocycles.